The molecule has 15 heavy (non-hydrogen) atoms. The van der Waals surface area contributed by atoms with Crippen molar-refractivity contribution < 1.29 is 0 Å². The predicted molar refractivity (Wildman–Crippen MR) is 72.1 cm³/mol. The third-order valence-electron chi connectivity index (χ3n) is 2.03. The van der Waals surface area contributed by atoms with Crippen molar-refractivity contribution in [3.8, 4) is 11.3 Å². The van der Waals surface area contributed by atoms with Crippen LogP contribution >= 0.6 is 47.8 Å². The van der Waals surface area contributed by atoms with Crippen molar-refractivity contribution in [1.82, 2.24) is 10.2 Å². The molecule has 1 aromatic carbocycles. The van der Waals surface area contributed by atoms with Crippen LogP contribution in [-0.4, -0.2) is 10.2 Å². The number of aromatic amines is 1. The fraction of sp³-hybridized carbons (Fsp3) is 0.100. The Balaban J connectivity index is 2.45. The molecule has 78 valence electrons. The number of nitrogens with zero attached hydrogens (tertiary/aromatic N) is 1. The largest absolute Gasteiger partial charge is 0.280 e. The average Bonchev–Trinajstić information content (AvgIpc) is 2.61. The summed E-state index contributed by atoms with van der Waals surface area (Å²) in [7, 11) is 0. The van der Waals surface area contributed by atoms with Crippen molar-refractivity contribution in [3.05, 3.63) is 38.9 Å². The quantitative estimate of drug-likeness (QED) is 0.746. The number of hydrogen-bond donors (Lipinski definition) is 1. The summed E-state index contributed by atoms with van der Waals surface area (Å²) in [5.74, 6) is 0. The molecule has 0 bridgehead atoms. The molecular formula is C10H7Br3N2. The monoisotopic (exact) mass is 392 g/mol. The van der Waals surface area contributed by atoms with E-state index in [1.807, 2.05) is 24.3 Å². The number of nitrogens with one attached hydrogen (secondary N) is 1. The number of rotatable bonds is 2. The first-order valence-electron chi connectivity index (χ1n) is 4.27. The summed E-state index contributed by atoms with van der Waals surface area (Å²) in [4.78, 5) is 0. The maximum absolute atomic E-state index is 4.27. The predicted octanol–water partition coefficient (Wildman–Crippen LogP) is 4.50. The van der Waals surface area contributed by atoms with Crippen molar-refractivity contribution >= 4 is 47.8 Å². The topological polar surface area (TPSA) is 28.7 Å². The van der Waals surface area contributed by atoms with Crippen LogP contribution in [0.4, 0.5) is 0 Å². The molecule has 0 fully saturated rings. The van der Waals surface area contributed by atoms with E-state index in [2.05, 4.69) is 58.0 Å². The van der Waals surface area contributed by atoms with E-state index in [9.17, 15) is 0 Å². The lowest BCUT2D eigenvalue weighted by atomic mass is 10.1. The maximum atomic E-state index is 4.27. The van der Waals surface area contributed by atoms with Gasteiger partial charge in [-0.3, -0.25) is 5.10 Å². The Kier molecular flexibility index (Phi) is 3.64. The summed E-state index contributed by atoms with van der Waals surface area (Å²) in [6, 6.07) is 8.07. The van der Waals surface area contributed by atoms with E-state index in [1.54, 1.807) is 0 Å². The highest BCUT2D eigenvalue weighted by molar-refractivity contribution is 9.11. The SMILES string of the molecule is BrCc1[nH]nc(-c2ccc(Br)cc2)c1Br. The van der Waals surface area contributed by atoms with Crippen molar-refractivity contribution in [1.29, 1.82) is 0 Å². The molecule has 0 aliphatic rings. The number of hydrogen-bond acceptors (Lipinski definition) is 1. The fourth-order valence-electron chi connectivity index (χ4n) is 1.25. The van der Waals surface area contributed by atoms with E-state index in [1.165, 1.54) is 0 Å². The van der Waals surface area contributed by atoms with E-state index in [4.69, 9.17) is 0 Å². The minimum absolute atomic E-state index is 0.761. The molecule has 2 nitrogen and oxygen atoms in total. The van der Waals surface area contributed by atoms with E-state index in [0.29, 0.717) is 0 Å². The number of alkyl halides is 1. The lowest BCUT2D eigenvalue weighted by Gasteiger charge is -1.98. The average molecular weight is 395 g/mol. The summed E-state index contributed by atoms with van der Waals surface area (Å²) in [5.41, 5.74) is 3.08. The third kappa shape index (κ3) is 2.34. The van der Waals surface area contributed by atoms with E-state index < -0.39 is 0 Å². The Morgan fingerprint density at radius 2 is 1.80 bits per heavy atom. The summed E-state index contributed by atoms with van der Waals surface area (Å²) in [6.07, 6.45) is 0. The van der Waals surface area contributed by atoms with Crippen molar-refractivity contribution in [2.75, 3.05) is 0 Å². The Morgan fingerprint density at radius 3 is 2.33 bits per heavy atom. The zero-order chi connectivity index (χ0) is 10.8. The van der Waals surface area contributed by atoms with Crippen LogP contribution in [0.1, 0.15) is 5.69 Å². The molecular weight excluding hydrogens is 388 g/mol. The molecule has 5 heteroatoms. The molecule has 0 saturated carbocycles. The van der Waals surface area contributed by atoms with Crippen LogP contribution in [0.15, 0.2) is 33.2 Å². The summed E-state index contributed by atoms with van der Waals surface area (Å²) >= 11 is 10.3. The van der Waals surface area contributed by atoms with Gasteiger partial charge in [-0.1, -0.05) is 44.0 Å². The Labute approximate surface area is 113 Å². The van der Waals surface area contributed by atoms with Crippen molar-refractivity contribution in [2.24, 2.45) is 0 Å². The number of aromatic nitrogens is 2. The Morgan fingerprint density at radius 1 is 1.13 bits per heavy atom. The van der Waals surface area contributed by atoms with Crippen LogP contribution in [0.2, 0.25) is 0 Å². The summed E-state index contributed by atoms with van der Waals surface area (Å²) in [5, 5.41) is 8.01. The number of halogens is 3. The van der Waals surface area contributed by atoms with Gasteiger partial charge in [0, 0.05) is 15.4 Å². The molecule has 0 saturated heterocycles. The number of H-pyrrole nitrogens is 1. The van der Waals surface area contributed by atoms with Crippen LogP contribution in [0.25, 0.3) is 11.3 Å². The Hall–Kier alpha value is -0.130. The molecule has 0 atom stereocenters. The lowest BCUT2D eigenvalue weighted by Crippen LogP contribution is -1.78. The third-order valence-corrected chi connectivity index (χ3v) is 3.97. The molecule has 1 heterocycles. The van der Waals surface area contributed by atoms with Crippen LogP contribution in [0.5, 0.6) is 0 Å². The molecule has 0 amide bonds. The van der Waals surface area contributed by atoms with Gasteiger partial charge in [-0.25, -0.2) is 0 Å². The first kappa shape index (κ1) is 11.4. The molecule has 0 unspecified atom stereocenters. The lowest BCUT2D eigenvalue weighted by molar-refractivity contribution is 1.04. The molecule has 1 N–H and O–H groups in total. The molecule has 1 aromatic heterocycles. The van der Waals surface area contributed by atoms with Crippen LogP contribution in [0.3, 0.4) is 0 Å². The van der Waals surface area contributed by atoms with E-state index in [0.717, 1.165) is 31.2 Å². The molecule has 0 spiro atoms. The first-order valence-corrected chi connectivity index (χ1v) is 6.97. The second-order valence-corrected chi connectivity index (χ2v) is 5.27. The molecule has 0 radical (unpaired) electrons. The molecule has 0 aliphatic heterocycles. The van der Waals surface area contributed by atoms with Crippen LogP contribution < -0.4 is 0 Å². The van der Waals surface area contributed by atoms with Gasteiger partial charge in [-0.05, 0) is 28.1 Å². The highest BCUT2D eigenvalue weighted by Crippen LogP contribution is 2.30. The van der Waals surface area contributed by atoms with Gasteiger partial charge in [0.2, 0.25) is 0 Å². The van der Waals surface area contributed by atoms with Gasteiger partial charge < -0.3 is 0 Å². The van der Waals surface area contributed by atoms with E-state index in [-0.39, 0.29) is 0 Å². The van der Waals surface area contributed by atoms with Crippen molar-refractivity contribution in [3.63, 3.8) is 0 Å². The normalized spacial score (nSPS) is 10.6. The van der Waals surface area contributed by atoms with Crippen LogP contribution in [-0.2, 0) is 5.33 Å². The number of benzene rings is 1. The van der Waals surface area contributed by atoms with Gasteiger partial charge in [0.15, 0.2) is 0 Å². The standard InChI is InChI=1S/C10H7Br3N2/c11-5-8-9(13)10(15-14-8)6-1-3-7(12)4-2-6/h1-4H,5H2,(H,14,15). The van der Waals surface area contributed by atoms with Crippen LogP contribution in [0, 0.1) is 0 Å². The van der Waals surface area contributed by atoms with Gasteiger partial charge in [0.05, 0.1) is 10.2 Å². The summed E-state index contributed by atoms with van der Waals surface area (Å²) in [6.45, 7) is 0. The second-order valence-electron chi connectivity index (χ2n) is 3.01. The molecule has 0 aliphatic carbocycles. The summed E-state index contributed by atoms with van der Waals surface area (Å²) < 4.78 is 2.08. The first-order chi connectivity index (χ1) is 7.22. The van der Waals surface area contributed by atoms with E-state index >= 15 is 0 Å². The minimum Gasteiger partial charge on any atom is -0.280 e. The zero-order valence-electron chi connectivity index (χ0n) is 7.60. The van der Waals surface area contributed by atoms with Crippen molar-refractivity contribution in [2.45, 2.75) is 5.33 Å². The Bertz CT molecular complexity index is 462. The highest BCUT2D eigenvalue weighted by atomic mass is 79.9. The van der Waals surface area contributed by atoms with Gasteiger partial charge >= 0.3 is 0 Å². The van der Waals surface area contributed by atoms with Gasteiger partial charge in [0.1, 0.15) is 5.69 Å². The van der Waals surface area contributed by atoms with Gasteiger partial charge in [-0.15, -0.1) is 0 Å². The second kappa shape index (κ2) is 4.80. The molecule has 2 rings (SSSR count). The zero-order valence-corrected chi connectivity index (χ0v) is 12.4. The molecule has 2 aromatic rings. The maximum Gasteiger partial charge on any atom is 0.107 e. The fourth-order valence-corrected chi connectivity index (χ4v) is 2.84. The van der Waals surface area contributed by atoms with Gasteiger partial charge in [-0.2, -0.15) is 5.10 Å². The van der Waals surface area contributed by atoms with Gasteiger partial charge in [0.25, 0.3) is 0 Å². The smallest absolute Gasteiger partial charge is 0.107 e. The highest BCUT2D eigenvalue weighted by Gasteiger charge is 2.10. The minimum atomic E-state index is 0.761.